The molecule has 2 amide bonds. The quantitative estimate of drug-likeness (QED) is 0.165. The number of hydrogen-bond acceptors (Lipinski definition) is 6. The monoisotopic (exact) mass is 610 g/mol. The summed E-state index contributed by atoms with van der Waals surface area (Å²) in [5, 5.41) is 22.3. The summed E-state index contributed by atoms with van der Waals surface area (Å²) in [6, 6.07) is 28.1. The van der Waals surface area contributed by atoms with Gasteiger partial charge in [0, 0.05) is 24.2 Å². The van der Waals surface area contributed by atoms with Crippen LogP contribution in [0.15, 0.2) is 97.1 Å². The van der Waals surface area contributed by atoms with E-state index >= 15 is 0 Å². The van der Waals surface area contributed by atoms with E-state index in [2.05, 4.69) is 5.32 Å². The molecule has 0 saturated carbocycles. The van der Waals surface area contributed by atoms with Gasteiger partial charge in [-0.05, 0) is 59.9 Å². The molecule has 234 valence electrons. The van der Waals surface area contributed by atoms with Crippen LogP contribution < -0.4 is 14.8 Å². The number of carboxylic acids is 1. The van der Waals surface area contributed by atoms with Crippen molar-refractivity contribution in [3.05, 3.63) is 119 Å². The number of rotatable bonds is 15. The van der Waals surface area contributed by atoms with E-state index in [-0.39, 0.29) is 32.0 Å². The van der Waals surface area contributed by atoms with Crippen LogP contribution in [0.5, 0.6) is 11.5 Å². The van der Waals surface area contributed by atoms with Crippen molar-refractivity contribution in [3.63, 3.8) is 0 Å². The maximum Gasteiger partial charge on any atom is 0.305 e. The van der Waals surface area contributed by atoms with Gasteiger partial charge in [-0.15, -0.1) is 0 Å². The second-order valence-corrected chi connectivity index (χ2v) is 10.3. The van der Waals surface area contributed by atoms with E-state index in [9.17, 15) is 24.6 Å². The zero-order chi connectivity index (χ0) is 32.2. The molecule has 4 aromatic carbocycles. The van der Waals surface area contributed by atoms with Gasteiger partial charge in [0.05, 0.1) is 32.8 Å². The zero-order valence-electron chi connectivity index (χ0n) is 25.4. The number of carbonyl (C=O) groups is 3. The van der Waals surface area contributed by atoms with E-state index in [0.717, 1.165) is 11.1 Å². The number of carboxylic acid groups (broad SMARTS) is 1. The normalized spacial score (nSPS) is 11.4. The van der Waals surface area contributed by atoms with Crippen LogP contribution in [0.2, 0.25) is 0 Å². The Hall–Kier alpha value is -5.15. The molecule has 3 N–H and O–H groups in total. The highest BCUT2D eigenvalue weighted by molar-refractivity contribution is 6.06. The molecule has 4 aromatic rings. The van der Waals surface area contributed by atoms with E-state index in [1.54, 1.807) is 55.6 Å². The highest BCUT2D eigenvalue weighted by Gasteiger charge is 2.24. The number of methoxy groups -OCH3 is 1. The summed E-state index contributed by atoms with van der Waals surface area (Å²) in [5.74, 6) is -0.565. The zero-order valence-corrected chi connectivity index (χ0v) is 25.4. The highest BCUT2D eigenvalue weighted by atomic mass is 16.5. The number of ether oxygens (including phenoxy) is 2. The highest BCUT2D eigenvalue weighted by Crippen LogP contribution is 2.30. The number of aliphatic carboxylic acids is 1. The van der Waals surface area contributed by atoms with E-state index in [1.807, 2.05) is 55.5 Å². The van der Waals surface area contributed by atoms with Crippen LogP contribution in [0.4, 0.5) is 0 Å². The molecule has 0 radical (unpaired) electrons. The van der Waals surface area contributed by atoms with Crippen molar-refractivity contribution >= 4 is 17.8 Å². The Morgan fingerprint density at radius 3 is 2.11 bits per heavy atom. The lowest BCUT2D eigenvalue weighted by Gasteiger charge is -2.24. The van der Waals surface area contributed by atoms with Crippen molar-refractivity contribution in [3.8, 4) is 22.6 Å². The number of amides is 2. The van der Waals surface area contributed by atoms with Crippen molar-refractivity contribution in [1.82, 2.24) is 10.2 Å². The molecule has 0 aromatic heterocycles. The van der Waals surface area contributed by atoms with Gasteiger partial charge in [0.25, 0.3) is 11.8 Å². The molecular formula is C36H38N2O7. The molecule has 1 atom stereocenters. The molecular weight excluding hydrogens is 572 g/mol. The largest absolute Gasteiger partial charge is 0.493 e. The summed E-state index contributed by atoms with van der Waals surface area (Å²) < 4.78 is 11.1. The van der Waals surface area contributed by atoms with Gasteiger partial charge in [-0.25, -0.2) is 0 Å². The maximum absolute atomic E-state index is 14.1. The molecule has 45 heavy (non-hydrogen) atoms. The number of aliphatic hydroxyl groups is 1. The molecule has 0 aliphatic heterocycles. The third-order valence-corrected chi connectivity index (χ3v) is 7.39. The van der Waals surface area contributed by atoms with Gasteiger partial charge >= 0.3 is 5.97 Å². The van der Waals surface area contributed by atoms with Gasteiger partial charge in [-0.3, -0.25) is 14.4 Å². The van der Waals surface area contributed by atoms with Crippen molar-refractivity contribution in [2.24, 2.45) is 0 Å². The fourth-order valence-electron chi connectivity index (χ4n) is 5.10. The van der Waals surface area contributed by atoms with Crippen molar-refractivity contribution in [2.75, 3.05) is 33.4 Å². The predicted molar refractivity (Wildman–Crippen MR) is 172 cm³/mol. The number of benzene rings is 4. The van der Waals surface area contributed by atoms with Crippen LogP contribution >= 0.6 is 0 Å². The Morgan fingerprint density at radius 1 is 0.822 bits per heavy atom. The SMILES string of the molecule is CCOc1ccc(CCN(CCC(=O)O)C(=O)c2ccccc2-c2ccccc2C(=O)NC(CO)c2ccccc2)cc1OC. The van der Waals surface area contributed by atoms with Gasteiger partial charge in [0.1, 0.15) is 0 Å². The summed E-state index contributed by atoms with van der Waals surface area (Å²) >= 11 is 0. The minimum atomic E-state index is -1.01. The van der Waals surface area contributed by atoms with Crippen molar-refractivity contribution < 1.29 is 34.1 Å². The van der Waals surface area contributed by atoms with Crippen LogP contribution in [0, 0.1) is 0 Å². The molecule has 9 nitrogen and oxygen atoms in total. The maximum atomic E-state index is 14.1. The number of aliphatic hydroxyl groups excluding tert-OH is 1. The number of carbonyl (C=O) groups excluding carboxylic acids is 2. The molecule has 0 spiro atoms. The van der Waals surface area contributed by atoms with Crippen LogP contribution in [0.1, 0.15) is 51.2 Å². The van der Waals surface area contributed by atoms with Crippen molar-refractivity contribution in [1.29, 1.82) is 0 Å². The molecule has 0 aliphatic carbocycles. The molecule has 0 bridgehead atoms. The first-order valence-electron chi connectivity index (χ1n) is 14.8. The average Bonchev–Trinajstić information content (AvgIpc) is 3.07. The topological polar surface area (TPSA) is 125 Å². The minimum Gasteiger partial charge on any atom is -0.493 e. The fraction of sp³-hybridized carbons (Fsp3) is 0.250. The lowest BCUT2D eigenvalue weighted by atomic mass is 9.94. The van der Waals surface area contributed by atoms with E-state index in [0.29, 0.717) is 46.8 Å². The Labute approximate surface area is 263 Å². The Kier molecular flexibility index (Phi) is 11.7. The Balaban J connectivity index is 1.62. The number of nitrogens with one attached hydrogen (secondary N) is 1. The molecule has 9 heteroatoms. The number of nitrogens with zero attached hydrogens (tertiary/aromatic N) is 1. The minimum absolute atomic E-state index is 0.00799. The Bertz CT molecular complexity index is 1610. The smallest absolute Gasteiger partial charge is 0.305 e. The van der Waals surface area contributed by atoms with Gasteiger partial charge in [-0.2, -0.15) is 0 Å². The molecule has 0 fully saturated rings. The van der Waals surface area contributed by atoms with Gasteiger partial charge in [0.15, 0.2) is 11.5 Å². The number of hydrogen-bond donors (Lipinski definition) is 3. The van der Waals surface area contributed by atoms with Gasteiger partial charge < -0.3 is 29.9 Å². The summed E-state index contributed by atoms with van der Waals surface area (Å²) in [6.07, 6.45) is 0.235. The first-order valence-corrected chi connectivity index (χ1v) is 14.8. The van der Waals surface area contributed by atoms with Gasteiger partial charge in [0.2, 0.25) is 0 Å². The summed E-state index contributed by atoms with van der Waals surface area (Å²) in [7, 11) is 1.56. The van der Waals surface area contributed by atoms with E-state index in [1.165, 1.54) is 4.90 Å². The molecule has 0 aliphatic rings. The van der Waals surface area contributed by atoms with Crippen molar-refractivity contribution in [2.45, 2.75) is 25.8 Å². The van der Waals surface area contributed by atoms with E-state index < -0.39 is 17.9 Å². The van der Waals surface area contributed by atoms with Gasteiger partial charge in [-0.1, -0.05) is 72.8 Å². The third kappa shape index (κ3) is 8.49. The first kappa shape index (κ1) is 32.8. The molecule has 0 saturated heterocycles. The lowest BCUT2D eigenvalue weighted by Crippen LogP contribution is -2.35. The summed E-state index contributed by atoms with van der Waals surface area (Å²) in [4.78, 5) is 40.7. The second kappa shape index (κ2) is 16.1. The third-order valence-electron chi connectivity index (χ3n) is 7.39. The molecule has 0 heterocycles. The van der Waals surface area contributed by atoms with Crippen LogP contribution in [0.25, 0.3) is 11.1 Å². The lowest BCUT2D eigenvalue weighted by molar-refractivity contribution is -0.137. The predicted octanol–water partition coefficient (Wildman–Crippen LogP) is 5.38. The first-order chi connectivity index (χ1) is 21.9. The summed E-state index contributed by atoms with van der Waals surface area (Å²) in [6.45, 7) is 2.36. The van der Waals surface area contributed by atoms with Crippen LogP contribution in [-0.2, 0) is 11.2 Å². The van der Waals surface area contributed by atoms with E-state index in [4.69, 9.17) is 9.47 Å². The molecule has 1 unspecified atom stereocenters. The summed E-state index contributed by atoms with van der Waals surface area (Å²) in [5.41, 5.74) is 3.42. The van der Waals surface area contributed by atoms with Crippen LogP contribution in [-0.4, -0.2) is 66.3 Å². The average molecular weight is 611 g/mol. The molecule has 4 rings (SSSR count). The Morgan fingerprint density at radius 2 is 1.47 bits per heavy atom. The second-order valence-electron chi connectivity index (χ2n) is 10.3. The standard InChI is InChI=1S/C36H38N2O7/c1-3-45-32-18-17-25(23-33(32)44-2)19-21-38(22-20-34(40)41)36(43)30-16-10-8-14-28(30)27-13-7-9-15-29(27)35(42)37-31(24-39)26-11-5-4-6-12-26/h4-18,23,31,39H,3,19-22,24H2,1-2H3,(H,37,42)(H,40,41). The van der Waals surface area contributed by atoms with Crippen LogP contribution in [0.3, 0.4) is 0 Å². The fourth-order valence-corrected chi connectivity index (χ4v) is 5.10.